The van der Waals surface area contributed by atoms with E-state index >= 15 is 0 Å². The molecule has 0 spiro atoms. The van der Waals surface area contributed by atoms with Crippen LogP contribution in [0, 0.1) is 29.1 Å². The number of ether oxygens (including phenoxy) is 1. The first-order valence-corrected chi connectivity index (χ1v) is 12.5. The molecule has 0 saturated carbocycles. The third-order valence-corrected chi connectivity index (χ3v) is 6.77. The molecule has 1 saturated heterocycles. The molecular weight excluding hydrogens is 477 g/mol. The number of pyridine rings is 1. The zero-order valence-corrected chi connectivity index (χ0v) is 21.2. The topological polar surface area (TPSA) is 62.9 Å². The van der Waals surface area contributed by atoms with Crippen molar-refractivity contribution in [3.63, 3.8) is 0 Å². The highest BCUT2D eigenvalue weighted by Crippen LogP contribution is 2.28. The highest BCUT2D eigenvalue weighted by molar-refractivity contribution is 5.83. The van der Waals surface area contributed by atoms with Crippen molar-refractivity contribution in [1.29, 1.82) is 5.26 Å². The molecule has 37 heavy (non-hydrogen) atoms. The first kappa shape index (κ1) is 26.6. The summed E-state index contributed by atoms with van der Waals surface area (Å²) in [6, 6.07) is 13.2. The maximum atomic E-state index is 13.4. The van der Waals surface area contributed by atoms with Crippen molar-refractivity contribution >= 4 is 16.6 Å². The molecule has 1 aliphatic heterocycles. The first-order valence-electron chi connectivity index (χ1n) is 12.5. The van der Waals surface area contributed by atoms with Crippen LogP contribution in [0.15, 0.2) is 42.6 Å². The van der Waals surface area contributed by atoms with Crippen molar-refractivity contribution in [1.82, 2.24) is 9.55 Å². The molecular formula is C29H31F3N4O. The predicted molar refractivity (Wildman–Crippen MR) is 138 cm³/mol. The van der Waals surface area contributed by atoms with E-state index in [1.165, 1.54) is 4.57 Å². The lowest BCUT2D eigenvalue weighted by atomic mass is 9.91. The van der Waals surface area contributed by atoms with Gasteiger partial charge in [0.25, 0.3) is 0 Å². The van der Waals surface area contributed by atoms with Crippen molar-refractivity contribution in [3.05, 3.63) is 59.5 Å². The molecule has 0 unspecified atom stereocenters. The average molecular weight is 509 g/mol. The highest BCUT2D eigenvalue weighted by Gasteiger charge is 2.29. The van der Waals surface area contributed by atoms with Gasteiger partial charge in [-0.3, -0.25) is 4.98 Å². The quantitative estimate of drug-likeness (QED) is 0.385. The van der Waals surface area contributed by atoms with Crippen molar-refractivity contribution in [2.45, 2.75) is 57.7 Å². The Morgan fingerprint density at radius 2 is 1.92 bits per heavy atom. The number of fused-ring (bicyclic) bond motifs is 1. The van der Waals surface area contributed by atoms with E-state index in [1.54, 1.807) is 38.2 Å². The van der Waals surface area contributed by atoms with E-state index in [0.717, 1.165) is 55.5 Å². The number of nitrogens with one attached hydrogen (secondary N) is 1. The monoisotopic (exact) mass is 508 g/mol. The maximum absolute atomic E-state index is 13.4. The standard InChI is InChI=1S/C29H31F3N4O/c1-28(2,19-33)27-10-8-24(18-35-27)34-13-3-4-25-17-23-16-22(6-5-21-11-14-37-15-12-21)7-9-26(23)36(25)20-29(30,31)32/h7-10,16-18,21,34H,5-6,11-15,20H2,1-2H3. The van der Waals surface area contributed by atoms with Gasteiger partial charge in [-0.2, -0.15) is 18.4 Å². The van der Waals surface area contributed by atoms with E-state index in [-0.39, 0.29) is 6.54 Å². The van der Waals surface area contributed by atoms with Crippen molar-refractivity contribution in [3.8, 4) is 17.9 Å². The van der Waals surface area contributed by atoms with Crippen LogP contribution in [0.3, 0.4) is 0 Å². The minimum atomic E-state index is -4.35. The lowest BCUT2D eigenvalue weighted by molar-refractivity contribution is -0.140. The Morgan fingerprint density at radius 1 is 1.14 bits per heavy atom. The minimum absolute atomic E-state index is 0.243. The van der Waals surface area contributed by atoms with Crippen molar-refractivity contribution < 1.29 is 17.9 Å². The zero-order valence-electron chi connectivity index (χ0n) is 21.2. The first-order chi connectivity index (χ1) is 17.6. The maximum Gasteiger partial charge on any atom is 0.406 e. The Labute approximate surface area is 215 Å². The van der Waals surface area contributed by atoms with Crippen LogP contribution in [0.4, 0.5) is 18.9 Å². The number of alkyl halides is 3. The fraction of sp³-hybridized carbons (Fsp3) is 0.448. The Kier molecular flexibility index (Phi) is 8.10. The number of halogens is 3. The summed E-state index contributed by atoms with van der Waals surface area (Å²) in [6.45, 7) is 4.36. The molecule has 0 radical (unpaired) electrons. The molecule has 3 heterocycles. The zero-order chi connectivity index (χ0) is 26.5. The molecule has 1 N–H and O–H groups in total. The highest BCUT2D eigenvalue weighted by atomic mass is 19.4. The Bertz CT molecular complexity index is 1320. The Balaban J connectivity index is 1.48. The number of anilines is 1. The third-order valence-electron chi connectivity index (χ3n) is 6.77. The summed E-state index contributed by atoms with van der Waals surface area (Å²) in [7, 11) is 0. The van der Waals surface area contributed by atoms with E-state index in [0.29, 0.717) is 22.8 Å². The number of benzene rings is 1. The Morgan fingerprint density at radius 3 is 2.59 bits per heavy atom. The van der Waals surface area contributed by atoms with E-state index in [1.807, 2.05) is 18.2 Å². The molecule has 5 nitrogen and oxygen atoms in total. The summed E-state index contributed by atoms with van der Waals surface area (Å²) in [5.41, 5.74) is 2.69. The SMILES string of the molecule is CC(C)(C#N)c1ccc(NCC#Cc2cc3cc(CCC4CCOCC4)ccc3n2CC(F)(F)F)cn1. The number of hydrogen-bond donors (Lipinski definition) is 1. The summed E-state index contributed by atoms with van der Waals surface area (Å²) >= 11 is 0. The van der Waals surface area contributed by atoms with Gasteiger partial charge in [0.05, 0.1) is 41.3 Å². The van der Waals surface area contributed by atoms with Crippen molar-refractivity contribution in [2.75, 3.05) is 25.1 Å². The molecule has 1 fully saturated rings. The molecule has 1 aromatic carbocycles. The van der Waals surface area contributed by atoms with Crippen LogP contribution in [0.5, 0.6) is 0 Å². The fourth-order valence-corrected chi connectivity index (χ4v) is 4.54. The van der Waals surface area contributed by atoms with Gasteiger partial charge in [0.1, 0.15) is 6.54 Å². The summed E-state index contributed by atoms with van der Waals surface area (Å²) in [5.74, 6) is 6.49. The molecule has 3 aromatic rings. The van der Waals surface area contributed by atoms with E-state index in [2.05, 4.69) is 28.2 Å². The second kappa shape index (κ2) is 11.3. The average Bonchev–Trinajstić information content (AvgIpc) is 3.21. The molecule has 0 atom stereocenters. The number of aryl methyl sites for hydroxylation is 1. The number of nitrogens with zero attached hydrogens (tertiary/aromatic N) is 3. The van der Waals surface area contributed by atoms with Gasteiger partial charge in [-0.25, -0.2) is 0 Å². The third kappa shape index (κ3) is 7.05. The van der Waals surface area contributed by atoms with Crippen LogP contribution in [0.25, 0.3) is 10.9 Å². The number of hydrogen-bond acceptors (Lipinski definition) is 4. The molecule has 0 bridgehead atoms. The van der Waals surface area contributed by atoms with Gasteiger partial charge < -0.3 is 14.6 Å². The fourth-order valence-electron chi connectivity index (χ4n) is 4.54. The van der Waals surface area contributed by atoms with Crippen LogP contribution in [-0.4, -0.2) is 35.5 Å². The normalized spacial score (nSPS) is 14.7. The van der Waals surface area contributed by atoms with Gasteiger partial charge in [0.15, 0.2) is 0 Å². The summed E-state index contributed by atoms with van der Waals surface area (Å²) < 4.78 is 46.8. The van der Waals surface area contributed by atoms with Crippen LogP contribution < -0.4 is 5.32 Å². The van der Waals surface area contributed by atoms with Gasteiger partial charge in [0, 0.05) is 24.1 Å². The van der Waals surface area contributed by atoms with Crippen LogP contribution in [0.2, 0.25) is 0 Å². The number of nitriles is 1. The molecule has 194 valence electrons. The van der Waals surface area contributed by atoms with Crippen LogP contribution in [-0.2, 0) is 23.1 Å². The van der Waals surface area contributed by atoms with Crippen LogP contribution in [0.1, 0.15) is 50.1 Å². The van der Waals surface area contributed by atoms with Gasteiger partial charge in [-0.15, -0.1) is 0 Å². The second-order valence-electron chi connectivity index (χ2n) is 10.0. The molecule has 0 amide bonds. The van der Waals surface area contributed by atoms with E-state index in [4.69, 9.17) is 4.74 Å². The van der Waals surface area contributed by atoms with Gasteiger partial charge in [-0.05, 0) is 87.3 Å². The molecule has 2 aromatic heterocycles. The lowest BCUT2D eigenvalue weighted by Gasteiger charge is -2.21. The minimum Gasteiger partial charge on any atom is -0.381 e. The molecule has 1 aliphatic rings. The smallest absolute Gasteiger partial charge is 0.381 e. The molecule has 4 rings (SSSR count). The molecule has 8 heteroatoms. The van der Waals surface area contributed by atoms with Gasteiger partial charge >= 0.3 is 6.18 Å². The van der Waals surface area contributed by atoms with E-state index < -0.39 is 18.1 Å². The van der Waals surface area contributed by atoms with Crippen molar-refractivity contribution in [2.24, 2.45) is 5.92 Å². The summed E-state index contributed by atoms with van der Waals surface area (Å²) in [5, 5.41) is 13.1. The van der Waals surface area contributed by atoms with E-state index in [9.17, 15) is 18.4 Å². The molecule has 0 aliphatic carbocycles. The predicted octanol–water partition coefficient (Wildman–Crippen LogP) is 6.22. The largest absolute Gasteiger partial charge is 0.406 e. The van der Waals surface area contributed by atoms with Crippen LogP contribution >= 0.6 is 0 Å². The lowest BCUT2D eigenvalue weighted by Crippen LogP contribution is -2.18. The second-order valence-corrected chi connectivity index (χ2v) is 10.0. The number of rotatable bonds is 7. The van der Waals surface area contributed by atoms with Gasteiger partial charge in [-0.1, -0.05) is 12.0 Å². The summed E-state index contributed by atoms with van der Waals surface area (Å²) in [6.07, 6.45) is 1.35. The number of aromatic nitrogens is 2. The van der Waals surface area contributed by atoms with Gasteiger partial charge in [0.2, 0.25) is 0 Å². The Hall–Kier alpha value is -3.49. The summed E-state index contributed by atoms with van der Waals surface area (Å²) in [4.78, 5) is 4.33.